The molecule has 0 saturated carbocycles. The third kappa shape index (κ3) is 2.44. The van der Waals surface area contributed by atoms with Crippen LogP contribution in [0.25, 0.3) is 11.1 Å². The molecule has 0 N–H and O–H groups in total. The van der Waals surface area contributed by atoms with E-state index in [4.69, 9.17) is 0 Å². The number of aryl methyl sites for hydroxylation is 2. The third-order valence-electron chi connectivity index (χ3n) is 3.95. The van der Waals surface area contributed by atoms with E-state index in [1.807, 2.05) is 10.9 Å². The zero-order chi connectivity index (χ0) is 14.2. The van der Waals surface area contributed by atoms with Crippen LogP contribution in [0.5, 0.6) is 0 Å². The van der Waals surface area contributed by atoms with Crippen molar-refractivity contribution in [2.45, 2.75) is 54.0 Å². The van der Waals surface area contributed by atoms with Gasteiger partial charge in [0.25, 0.3) is 0 Å². The van der Waals surface area contributed by atoms with E-state index in [0.717, 1.165) is 6.42 Å². The summed E-state index contributed by atoms with van der Waals surface area (Å²) in [5.74, 6) is 0. The van der Waals surface area contributed by atoms with E-state index in [-0.39, 0.29) is 0 Å². The molecule has 0 bridgehead atoms. The Morgan fingerprint density at radius 3 is 2.37 bits per heavy atom. The highest BCUT2D eigenvalue weighted by atomic mass is 15.3. The van der Waals surface area contributed by atoms with Gasteiger partial charge >= 0.3 is 0 Å². The molecule has 0 unspecified atom stereocenters. The Labute approximate surface area is 116 Å². The van der Waals surface area contributed by atoms with Crippen LogP contribution in [0.2, 0.25) is 0 Å². The number of hydrogen-bond acceptors (Lipinski definition) is 1. The lowest BCUT2D eigenvalue weighted by Gasteiger charge is -2.16. The summed E-state index contributed by atoms with van der Waals surface area (Å²) in [6, 6.07) is 2.70. The van der Waals surface area contributed by atoms with E-state index in [0.29, 0.717) is 6.04 Å². The van der Waals surface area contributed by atoms with Crippen LogP contribution in [0.3, 0.4) is 0 Å². The van der Waals surface area contributed by atoms with Crippen molar-refractivity contribution in [1.82, 2.24) is 9.78 Å². The largest absolute Gasteiger partial charge is 0.270 e. The summed E-state index contributed by atoms with van der Waals surface area (Å²) in [6.45, 7) is 13.2. The summed E-state index contributed by atoms with van der Waals surface area (Å²) >= 11 is 0. The lowest BCUT2D eigenvalue weighted by Crippen LogP contribution is -2.00. The molecule has 0 atom stereocenters. The lowest BCUT2D eigenvalue weighted by atomic mass is 9.89. The predicted octanol–water partition coefficient (Wildman–Crippen LogP) is 4.62. The van der Waals surface area contributed by atoms with Gasteiger partial charge in [-0.15, -0.1) is 0 Å². The molecule has 19 heavy (non-hydrogen) atoms. The van der Waals surface area contributed by atoms with Gasteiger partial charge in [-0.1, -0.05) is 13.0 Å². The van der Waals surface area contributed by atoms with E-state index in [1.165, 1.54) is 33.4 Å². The van der Waals surface area contributed by atoms with Gasteiger partial charge in [-0.05, 0) is 68.9 Å². The highest BCUT2D eigenvalue weighted by molar-refractivity contribution is 5.72. The molecular formula is C17H24N2. The molecule has 2 aromatic rings. The zero-order valence-electron chi connectivity index (χ0n) is 12.9. The van der Waals surface area contributed by atoms with Crippen LogP contribution in [0, 0.1) is 20.8 Å². The first-order valence-electron chi connectivity index (χ1n) is 7.09. The van der Waals surface area contributed by atoms with Crippen LogP contribution in [0.15, 0.2) is 18.5 Å². The van der Waals surface area contributed by atoms with Gasteiger partial charge in [0, 0.05) is 17.8 Å². The number of hydrogen-bond donors (Lipinski definition) is 0. The first-order valence-corrected chi connectivity index (χ1v) is 7.09. The second kappa shape index (κ2) is 5.20. The lowest BCUT2D eigenvalue weighted by molar-refractivity contribution is 0.532. The molecule has 1 heterocycles. The maximum atomic E-state index is 4.48. The SMILES string of the molecule is CCc1c(C)cc(C)c(C)c1-c1cnn(C(C)C)c1. The Morgan fingerprint density at radius 1 is 1.16 bits per heavy atom. The quantitative estimate of drug-likeness (QED) is 0.783. The zero-order valence-corrected chi connectivity index (χ0v) is 12.9. The van der Waals surface area contributed by atoms with E-state index >= 15 is 0 Å². The molecule has 0 spiro atoms. The summed E-state index contributed by atoms with van der Waals surface area (Å²) in [5, 5.41) is 4.48. The summed E-state index contributed by atoms with van der Waals surface area (Å²) in [6.07, 6.45) is 5.24. The maximum Gasteiger partial charge on any atom is 0.0568 e. The highest BCUT2D eigenvalue weighted by Crippen LogP contribution is 2.32. The minimum Gasteiger partial charge on any atom is -0.270 e. The minimum absolute atomic E-state index is 0.407. The van der Waals surface area contributed by atoms with E-state index in [2.05, 4.69) is 58.9 Å². The minimum atomic E-state index is 0.407. The van der Waals surface area contributed by atoms with Crippen molar-refractivity contribution in [3.63, 3.8) is 0 Å². The molecule has 2 rings (SSSR count). The fraction of sp³-hybridized carbons (Fsp3) is 0.471. The smallest absolute Gasteiger partial charge is 0.0568 e. The monoisotopic (exact) mass is 256 g/mol. The number of rotatable bonds is 3. The van der Waals surface area contributed by atoms with Gasteiger partial charge in [0.2, 0.25) is 0 Å². The highest BCUT2D eigenvalue weighted by Gasteiger charge is 2.14. The first-order chi connectivity index (χ1) is 8.95. The molecule has 2 heteroatoms. The number of benzene rings is 1. The van der Waals surface area contributed by atoms with Crippen LogP contribution in [0.4, 0.5) is 0 Å². The molecule has 1 aromatic heterocycles. The van der Waals surface area contributed by atoms with Crippen LogP contribution in [-0.2, 0) is 6.42 Å². The first kappa shape index (κ1) is 13.9. The fourth-order valence-electron chi connectivity index (χ4n) is 2.74. The van der Waals surface area contributed by atoms with Gasteiger partial charge in [0.15, 0.2) is 0 Å². The Hall–Kier alpha value is -1.57. The van der Waals surface area contributed by atoms with Gasteiger partial charge in [-0.2, -0.15) is 5.10 Å². The van der Waals surface area contributed by atoms with Crippen LogP contribution < -0.4 is 0 Å². The van der Waals surface area contributed by atoms with Crippen molar-refractivity contribution in [1.29, 1.82) is 0 Å². The maximum absolute atomic E-state index is 4.48. The molecule has 2 nitrogen and oxygen atoms in total. The third-order valence-corrected chi connectivity index (χ3v) is 3.95. The molecule has 0 aliphatic rings. The van der Waals surface area contributed by atoms with Crippen LogP contribution in [-0.4, -0.2) is 9.78 Å². The Kier molecular flexibility index (Phi) is 3.79. The molecule has 0 amide bonds. The van der Waals surface area contributed by atoms with E-state index in [1.54, 1.807) is 0 Å². The molecule has 1 aromatic carbocycles. The van der Waals surface area contributed by atoms with Gasteiger partial charge in [-0.3, -0.25) is 4.68 Å². The van der Waals surface area contributed by atoms with Gasteiger partial charge in [-0.25, -0.2) is 0 Å². The predicted molar refractivity (Wildman–Crippen MR) is 81.6 cm³/mol. The van der Waals surface area contributed by atoms with E-state index in [9.17, 15) is 0 Å². The number of aromatic nitrogens is 2. The standard InChI is InChI=1S/C17H24N2/c1-7-16-13(5)8-12(4)14(6)17(16)15-9-18-19(10-15)11(2)3/h8-11H,7H2,1-6H3. The summed E-state index contributed by atoms with van der Waals surface area (Å²) in [5.41, 5.74) is 8.21. The molecule has 0 fully saturated rings. The molecular weight excluding hydrogens is 232 g/mol. The fourth-order valence-corrected chi connectivity index (χ4v) is 2.74. The van der Waals surface area contributed by atoms with Crippen LogP contribution >= 0.6 is 0 Å². The molecule has 0 aliphatic carbocycles. The van der Waals surface area contributed by atoms with Gasteiger partial charge in [0.05, 0.1) is 6.20 Å². The second-order valence-electron chi connectivity index (χ2n) is 5.65. The summed E-state index contributed by atoms with van der Waals surface area (Å²) in [4.78, 5) is 0. The Morgan fingerprint density at radius 2 is 1.84 bits per heavy atom. The topological polar surface area (TPSA) is 17.8 Å². The molecule has 0 aliphatic heterocycles. The summed E-state index contributed by atoms with van der Waals surface area (Å²) in [7, 11) is 0. The molecule has 0 radical (unpaired) electrons. The number of nitrogens with zero attached hydrogens (tertiary/aromatic N) is 2. The van der Waals surface area contributed by atoms with Gasteiger partial charge in [0.1, 0.15) is 0 Å². The van der Waals surface area contributed by atoms with E-state index < -0.39 is 0 Å². The second-order valence-corrected chi connectivity index (χ2v) is 5.65. The van der Waals surface area contributed by atoms with Crippen molar-refractivity contribution < 1.29 is 0 Å². The normalized spacial score (nSPS) is 11.3. The van der Waals surface area contributed by atoms with Crippen molar-refractivity contribution >= 4 is 0 Å². The average molecular weight is 256 g/mol. The van der Waals surface area contributed by atoms with Crippen LogP contribution in [0.1, 0.15) is 49.1 Å². The summed E-state index contributed by atoms with van der Waals surface area (Å²) < 4.78 is 2.03. The van der Waals surface area contributed by atoms with Gasteiger partial charge < -0.3 is 0 Å². The van der Waals surface area contributed by atoms with Crippen molar-refractivity contribution in [2.24, 2.45) is 0 Å². The Bertz CT molecular complexity index is 592. The van der Waals surface area contributed by atoms with Crippen molar-refractivity contribution in [3.8, 4) is 11.1 Å². The molecule has 0 saturated heterocycles. The Balaban J connectivity index is 2.65. The molecule has 102 valence electrons. The van der Waals surface area contributed by atoms with Crippen molar-refractivity contribution in [2.75, 3.05) is 0 Å². The van der Waals surface area contributed by atoms with Crippen molar-refractivity contribution in [3.05, 3.63) is 40.7 Å². The average Bonchev–Trinajstić information content (AvgIpc) is 2.82.